The van der Waals surface area contributed by atoms with Gasteiger partial charge in [0.15, 0.2) is 0 Å². The molecule has 2 aromatic carbocycles. The van der Waals surface area contributed by atoms with E-state index in [4.69, 9.17) is 4.43 Å². The van der Waals surface area contributed by atoms with Gasteiger partial charge in [-0.15, -0.1) is 0 Å². The molecule has 0 saturated heterocycles. The first kappa shape index (κ1) is 19.0. The summed E-state index contributed by atoms with van der Waals surface area (Å²) in [6.07, 6.45) is 0. The molecule has 0 aromatic heterocycles. The molecule has 1 atom stereocenters. The fourth-order valence-corrected chi connectivity index (χ4v) is 5.36. The van der Waals surface area contributed by atoms with E-state index >= 15 is 0 Å². The number of hydrogen-bond acceptors (Lipinski definition) is 1. The van der Waals surface area contributed by atoms with Crippen LogP contribution in [0, 0.1) is 0 Å². The van der Waals surface area contributed by atoms with Gasteiger partial charge in [-0.1, -0.05) is 81.4 Å². The van der Waals surface area contributed by atoms with Gasteiger partial charge in [0.25, 0.3) is 0 Å². The van der Waals surface area contributed by atoms with Crippen LogP contribution in [0.3, 0.4) is 0 Å². The van der Waals surface area contributed by atoms with Gasteiger partial charge in [-0.3, -0.25) is 0 Å². The molecule has 0 N–H and O–H groups in total. The molecule has 1 nitrogen and oxygen atoms in total. The quantitative estimate of drug-likeness (QED) is 0.328. The van der Waals surface area contributed by atoms with Gasteiger partial charge in [0.05, 0.1) is 0 Å². The molecule has 0 spiro atoms. The van der Waals surface area contributed by atoms with Crippen LogP contribution in [0.5, 0.6) is 0 Å². The summed E-state index contributed by atoms with van der Waals surface area (Å²) in [5.41, 5.74) is 4.85. The van der Waals surface area contributed by atoms with Crippen molar-refractivity contribution < 1.29 is 4.43 Å². The van der Waals surface area contributed by atoms with Crippen LogP contribution >= 0.6 is 8.58 Å². The maximum Gasteiger partial charge on any atom is 0.242 e. The Bertz CT molecular complexity index is 620. The zero-order valence-corrected chi connectivity index (χ0v) is 17.7. The Balaban J connectivity index is 2.67. The number of hydrogen-bond donors (Lipinski definition) is 0. The Morgan fingerprint density at radius 1 is 0.792 bits per heavy atom. The van der Waals surface area contributed by atoms with E-state index in [-0.39, 0.29) is 5.16 Å². The van der Waals surface area contributed by atoms with E-state index in [2.05, 4.69) is 101 Å². The molecule has 0 aliphatic heterocycles. The predicted molar refractivity (Wildman–Crippen MR) is 111 cm³/mol. The third-order valence-electron chi connectivity index (χ3n) is 3.25. The molecular weight excluding hydrogens is 327 g/mol. The summed E-state index contributed by atoms with van der Waals surface area (Å²) in [5.74, 6) is 0. The summed E-state index contributed by atoms with van der Waals surface area (Å²) in [4.78, 5) is 0. The van der Waals surface area contributed by atoms with Crippen LogP contribution in [0.2, 0.25) is 19.6 Å². The van der Waals surface area contributed by atoms with Crippen LogP contribution in [0.4, 0.5) is 0 Å². The normalized spacial score (nSPS) is 12.4. The molecular formula is C21H29OPSi. The van der Waals surface area contributed by atoms with E-state index in [0.29, 0.717) is 8.58 Å². The Labute approximate surface area is 150 Å². The third kappa shape index (κ3) is 5.92. The van der Waals surface area contributed by atoms with Crippen molar-refractivity contribution >= 4 is 22.5 Å². The minimum absolute atomic E-state index is 0.198. The lowest BCUT2D eigenvalue weighted by Crippen LogP contribution is -2.25. The van der Waals surface area contributed by atoms with Crippen LogP contribution < -0.4 is 0 Å². The largest absolute Gasteiger partial charge is 0.544 e. The zero-order chi connectivity index (χ0) is 17.8. The summed E-state index contributed by atoms with van der Waals surface area (Å²) < 4.78 is 6.62. The lowest BCUT2D eigenvalue weighted by molar-refractivity contribution is 0.462. The van der Waals surface area contributed by atoms with Crippen molar-refractivity contribution in [1.29, 1.82) is 0 Å². The highest BCUT2D eigenvalue weighted by molar-refractivity contribution is 7.45. The lowest BCUT2D eigenvalue weighted by atomic mass is 9.99. The van der Waals surface area contributed by atoms with E-state index in [1.165, 1.54) is 16.7 Å². The van der Waals surface area contributed by atoms with Crippen LogP contribution in [-0.2, 0) is 4.43 Å². The zero-order valence-electron chi connectivity index (χ0n) is 15.7. The van der Waals surface area contributed by atoms with Crippen molar-refractivity contribution in [3.63, 3.8) is 0 Å². The van der Waals surface area contributed by atoms with Gasteiger partial charge in [0.2, 0.25) is 8.32 Å². The molecule has 24 heavy (non-hydrogen) atoms. The highest BCUT2D eigenvalue weighted by atomic mass is 31.1. The topological polar surface area (TPSA) is 9.23 Å². The summed E-state index contributed by atoms with van der Waals surface area (Å²) in [6, 6.07) is 21.3. The van der Waals surface area contributed by atoms with Gasteiger partial charge in [0, 0.05) is 5.57 Å². The van der Waals surface area contributed by atoms with Crippen molar-refractivity contribution in [2.24, 2.45) is 0 Å². The van der Waals surface area contributed by atoms with E-state index < -0.39 is 8.32 Å². The minimum atomic E-state index is -1.70. The van der Waals surface area contributed by atoms with Gasteiger partial charge < -0.3 is 4.43 Å². The van der Waals surface area contributed by atoms with Crippen molar-refractivity contribution in [1.82, 2.24) is 0 Å². The predicted octanol–water partition coefficient (Wildman–Crippen LogP) is 6.73. The Morgan fingerprint density at radius 2 is 1.21 bits per heavy atom. The van der Waals surface area contributed by atoms with Crippen LogP contribution in [0.1, 0.15) is 31.9 Å². The SMILES string of the molecule is CC(C)(C)PC(O[Si](C)(C)C)=C(c1ccccc1)c1ccccc1. The second-order valence-corrected chi connectivity index (χ2v) is 14.7. The molecule has 0 heterocycles. The lowest BCUT2D eigenvalue weighted by Gasteiger charge is -2.29. The molecule has 0 fully saturated rings. The maximum atomic E-state index is 6.62. The molecule has 2 aromatic rings. The van der Waals surface area contributed by atoms with Gasteiger partial charge in [-0.2, -0.15) is 0 Å². The van der Waals surface area contributed by atoms with Crippen molar-refractivity contribution in [3.8, 4) is 0 Å². The first-order valence-electron chi connectivity index (χ1n) is 8.48. The van der Waals surface area contributed by atoms with Crippen molar-refractivity contribution in [2.75, 3.05) is 0 Å². The summed E-state index contributed by atoms with van der Waals surface area (Å²) >= 11 is 0. The van der Waals surface area contributed by atoms with Crippen LogP contribution in [0.15, 0.2) is 66.2 Å². The summed E-state index contributed by atoms with van der Waals surface area (Å²) in [7, 11) is -1.07. The van der Waals surface area contributed by atoms with E-state index in [1.807, 2.05) is 0 Å². The molecule has 0 aliphatic carbocycles. The molecule has 3 heteroatoms. The molecule has 0 radical (unpaired) electrons. The third-order valence-corrected chi connectivity index (χ3v) is 5.60. The highest BCUT2D eigenvalue weighted by Crippen LogP contribution is 2.45. The standard InChI is InChI=1S/C21H29OPSi/c1-21(2,3)23-20(22-24(4,5)6)19(17-13-9-7-10-14-17)18-15-11-8-12-16-18/h7-16,23H,1-6H3. The number of benzene rings is 2. The molecule has 0 saturated carbocycles. The average Bonchev–Trinajstić information content (AvgIpc) is 2.46. The Kier molecular flexibility index (Phi) is 6.06. The smallest absolute Gasteiger partial charge is 0.242 e. The van der Waals surface area contributed by atoms with Crippen molar-refractivity contribution in [2.45, 2.75) is 45.6 Å². The molecule has 2 rings (SSSR count). The second kappa shape index (κ2) is 7.67. The Morgan fingerprint density at radius 3 is 1.54 bits per heavy atom. The maximum absolute atomic E-state index is 6.62. The van der Waals surface area contributed by atoms with Crippen LogP contribution in [-0.4, -0.2) is 13.5 Å². The molecule has 0 aliphatic rings. The van der Waals surface area contributed by atoms with E-state index in [9.17, 15) is 0 Å². The summed E-state index contributed by atoms with van der Waals surface area (Å²) in [6.45, 7) is 13.6. The van der Waals surface area contributed by atoms with Gasteiger partial charge in [0.1, 0.15) is 5.50 Å². The van der Waals surface area contributed by atoms with Gasteiger partial charge in [-0.25, -0.2) is 0 Å². The van der Waals surface area contributed by atoms with Gasteiger partial charge >= 0.3 is 0 Å². The molecule has 1 unspecified atom stereocenters. The first-order valence-corrected chi connectivity index (χ1v) is 12.9. The average molecular weight is 357 g/mol. The van der Waals surface area contributed by atoms with E-state index in [0.717, 1.165) is 5.50 Å². The monoisotopic (exact) mass is 356 g/mol. The Hall–Kier alpha value is -1.37. The molecule has 128 valence electrons. The second-order valence-electron chi connectivity index (χ2n) is 8.03. The fraction of sp³-hybridized carbons (Fsp3) is 0.333. The first-order chi connectivity index (χ1) is 11.2. The van der Waals surface area contributed by atoms with E-state index in [1.54, 1.807) is 0 Å². The molecule has 0 bridgehead atoms. The number of rotatable bonds is 5. The minimum Gasteiger partial charge on any atom is -0.544 e. The van der Waals surface area contributed by atoms with Gasteiger partial charge in [-0.05, 0) is 44.5 Å². The fourth-order valence-electron chi connectivity index (χ4n) is 2.42. The van der Waals surface area contributed by atoms with Crippen LogP contribution in [0.25, 0.3) is 5.57 Å². The highest BCUT2D eigenvalue weighted by Gasteiger charge is 2.25. The van der Waals surface area contributed by atoms with Crippen molar-refractivity contribution in [3.05, 3.63) is 77.3 Å². The molecule has 0 amide bonds. The summed E-state index contributed by atoms with van der Waals surface area (Å²) in [5, 5.41) is 0.198.